The molecule has 0 saturated heterocycles. The van der Waals surface area contributed by atoms with Gasteiger partial charge in [0.2, 0.25) is 0 Å². The summed E-state index contributed by atoms with van der Waals surface area (Å²) in [5.74, 6) is 0. The van der Waals surface area contributed by atoms with Crippen molar-refractivity contribution in [2.45, 2.75) is 26.2 Å². The Labute approximate surface area is 97.0 Å². The summed E-state index contributed by atoms with van der Waals surface area (Å²) in [6.45, 7) is 6.47. The number of nitrogen functional groups attached to an aromatic ring is 1. The van der Waals surface area contributed by atoms with Crippen molar-refractivity contribution in [1.29, 1.82) is 0 Å². The summed E-state index contributed by atoms with van der Waals surface area (Å²) in [6, 6.07) is 0. The molecule has 0 aromatic carbocycles. The minimum Gasteiger partial charge on any atom is -0.375 e. The molecule has 5 heteroatoms. The van der Waals surface area contributed by atoms with Crippen molar-refractivity contribution in [1.82, 2.24) is 9.97 Å². The first-order chi connectivity index (χ1) is 6.97. The molecule has 2 N–H and O–H groups in total. The second kappa shape index (κ2) is 3.57. The Morgan fingerprint density at radius 3 is 2.53 bits per heavy atom. The number of aromatic nitrogens is 2. The lowest BCUT2D eigenvalue weighted by Crippen LogP contribution is -2.09. The number of thiazole rings is 2. The fraction of sp³-hybridized carbons (Fsp3) is 0.400. The molecule has 2 heterocycles. The Hall–Kier alpha value is -0.940. The molecule has 0 saturated carbocycles. The van der Waals surface area contributed by atoms with Crippen LogP contribution in [0.1, 0.15) is 25.8 Å². The molecule has 0 unspecified atom stereocenters. The predicted octanol–water partition coefficient (Wildman–Crippen LogP) is 3.15. The summed E-state index contributed by atoms with van der Waals surface area (Å²) >= 11 is 3.15. The van der Waals surface area contributed by atoms with Gasteiger partial charge in [-0.25, -0.2) is 9.97 Å². The van der Waals surface area contributed by atoms with E-state index in [9.17, 15) is 0 Å². The number of nitrogens with zero attached hydrogens (tertiary/aromatic N) is 2. The van der Waals surface area contributed by atoms with Crippen LogP contribution in [0.25, 0.3) is 10.6 Å². The van der Waals surface area contributed by atoms with Crippen LogP contribution in [-0.2, 0) is 5.41 Å². The molecule has 0 aliphatic heterocycles. The van der Waals surface area contributed by atoms with E-state index in [1.54, 1.807) is 11.3 Å². The lowest BCUT2D eigenvalue weighted by Gasteiger charge is -2.13. The maximum absolute atomic E-state index is 5.60. The first-order valence-electron chi connectivity index (χ1n) is 4.64. The molecule has 2 rings (SSSR count). The molecule has 0 aliphatic rings. The highest BCUT2D eigenvalue weighted by molar-refractivity contribution is 7.16. The van der Waals surface area contributed by atoms with Gasteiger partial charge in [-0.3, -0.25) is 0 Å². The Kier molecular flexibility index (Phi) is 2.52. The normalized spacial score (nSPS) is 11.9. The van der Waals surface area contributed by atoms with Gasteiger partial charge in [0, 0.05) is 17.0 Å². The second-order valence-corrected chi connectivity index (χ2v) is 6.27. The van der Waals surface area contributed by atoms with E-state index in [0.29, 0.717) is 5.13 Å². The van der Waals surface area contributed by atoms with Gasteiger partial charge in [0.15, 0.2) is 5.13 Å². The van der Waals surface area contributed by atoms with Crippen molar-refractivity contribution in [2.24, 2.45) is 0 Å². The molecule has 0 amide bonds. The van der Waals surface area contributed by atoms with E-state index in [0.717, 1.165) is 15.6 Å². The van der Waals surface area contributed by atoms with E-state index in [1.165, 1.54) is 11.3 Å². The Morgan fingerprint density at radius 2 is 2.07 bits per heavy atom. The fourth-order valence-corrected chi connectivity index (χ4v) is 2.71. The number of nitrogens with two attached hydrogens (primary N) is 1. The van der Waals surface area contributed by atoms with Crippen LogP contribution in [0.5, 0.6) is 0 Å². The monoisotopic (exact) mass is 239 g/mol. The Bertz CT molecular complexity index is 465. The summed E-state index contributed by atoms with van der Waals surface area (Å²) < 4.78 is 0. The van der Waals surface area contributed by atoms with E-state index >= 15 is 0 Å². The van der Waals surface area contributed by atoms with Crippen LogP contribution in [0, 0.1) is 0 Å². The van der Waals surface area contributed by atoms with Gasteiger partial charge in [-0.05, 0) is 0 Å². The molecule has 2 aromatic heterocycles. The lowest BCUT2D eigenvalue weighted by molar-refractivity contribution is 0.585. The smallest absolute Gasteiger partial charge is 0.180 e. The Balaban J connectivity index is 2.36. The fourth-order valence-electron chi connectivity index (χ4n) is 1.14. The molecule has 0 spiro atoms. The molecule has 0 atom stereocenters. The van der Waals surface area contributed by atoms with Gasteiger partial charge in [0.1, 0.15) is 0 Å². The molecule has 0 aliphatic carbocycles. The van der Waals surface area contributed by atoms with Gasteiger partial charge < -0.3 is 5.73 Å². The third-order valence-electron chi connectivity index (χ3n) is 1.92. The minimum absolute atomic E-state index is 0.102. The maximum Gasteiger partial charge on any atom is 0.180 e. The highest BCUT2D eigenvalue weighted by atomic mass is 32.1. The minimum atomic E-state index is 0.102. The van der Waals surface area contributed by atoms with Gasteiger partial charge in [-0.15, -0.1) is 22.7 Å². The lowest BCUT2D eigenvalue weighted by atomic mass is 9.98. The van der Waals surface area contributed by atoms with E-state index in [1.807, 2.05) is 11.6 Å². The first-order valence-corrected chi connectivity index (χ1v) is 6.34. The zero-order valence-electron chi connectivity index (χ0n) is 8.94. The molecule has 0 radical (unpaired) electrons. The van der Waals surface area contributed by atoms with Crippen LogP contribution >= 0.6 is 22.7 Å². The highest BCUT2D eigenvalue weighted by Crippen LogP contribution is 2.33. The average molecular weight is 239 g/mol. The zero-order chi connectivity index (χ0) is 11.1. The molecule has 15 heavy (non-hydrogen) atoms. The van der Waals surface area contributed by atoms with Crippen molar-refractivity contribution in [3.8, 4) is 10.6 Å². The number of rotatable bonds is 1. The molecule has 0 bridgehead atoms. The number of anilines is 1. The SMILES string of the molecule is CC(C)(C)c1ncc(-c2csc(N)n2)s1. The van der Waals surface area contributed by atoms with E-state index in [2.05, 4.69) is 30.7 Å². The van der Waals surface area contributed by atoms with E-state index in [-0.39, 0.29) is 5.41 Å². The van der Waals surface area contributed by atoms with Crippen LogP contribution in [0.2, 0.25) is 0 Å². The van der Waals surface area contributed by atoms with Crippen molar-refractivity contribution in [3.63, 3.8) is 0 Å². The topological polar surface area (TPSA) is 51.8 Å². The Morgan fingerprint density at radius 1 is 1.33 bits per heavy atom. The maximum atomic E-state index is 5.60. The largest absolute Gasteiger partial charge is 0.375 e. The summed E-state index contributed by atoms with van der Waals surface area (Å²) in [6.07, 6.45) is 1.87. The standard InChI is InChI=1S/C10H13N3S2/c1-10(2,3)8-12-4-7(15-8)6-5-14-9(11)13-6/h4-5H,1-3H3,(H2,11,13). The van der Waals surface area contributed by atoms with Gasteiger partial charge in [0.25, 0.3) is 0 Å². The van der Waals surface area contributed by atoms with Gasteiger partial charge in [-0.2, -0.15) is 0 Å². The van der Waals surface area contributed by atoms with Crippen molar-refractivity contribution in [3.05, 3.63) is 16.6 Å². The summed E-state index contributed by atoms with van der Waals surface area (Å²) in [5.41, 5.74) is 6.64. The van der Waals surface area contributed by atoms with Gasteiger partial charge in [0.05, 0.1) is 15.6 Å². The molecule has 80 valence electrons. The predicted molar refractivity (Wildman–Crippen MR) is 66.3 cm³/mol. The third-order valence-corrected chi connectivity index (χ3v) is 4.04. The summed E-state index contributed by atoms with van der Waals surface area (Å²) in [7, 11) is 0. The molecule has 2 aromatic rings. The van der Waals surface area contributed by atoms with Gasteiger partial charge >= 0.3 is 0 Å². The van der Waals surface area contributed by atoms with Crippen LogP contribution < -0.4 is 5.73 Å². The van der Waals surface area contributed by atoms with E-state index in [4.69, 9.17) is 5.73 Å². The third kappa shape index (κ3) is 2.18. The van der Waals surface area contributed by atoms with Crippen LogP contribution in [0.3, 0.4) is 0 Å². The molecular formula is C10H13N3S2. The van der Waals surface area contributed by atoms with Gasteiger partial charge in [-0.1, -0.05) is 20.8 Å². The first kappa shape index (κ1) is 10.6. The molecule has 0 fully saturated rings. The zero-order valence-corrected chi connectivity index (χ0v) is 10.6. The number of hydrogen-bond donors (Lipinski definition) is 1. The number of hydrogen-bond acceptors (Lipinski definition) is 5. The van der Waals surface area contributed by atoms with Crippen molar-refractivity contribution >= 4 is 27.8 Å². The van der Waals surface area contributed by atoms with Crippen molar-refractivity contribution in [2.75, 3.05) is 5.73 Å². The average Bonchev–Trinajstić information content (AvgIpc) is 2.69. The van der Waals surface area contributed by atoms with Crippen LogP contribution in [0.15, 0.2) is 11.6 Å². The van der Waals surface area contributed by atoms with Crippen LogP contribution in [-0.4, -0.2) is 9.97 Å². The van der Waals surface area contributed by atoms with Crippen molar-refractivity contribution < 1.29 is 0 Å². The molecule has 3 nitrogen and oxygen atoms in total. The highest BCUT2D eigenvalue weighted by Gasteiger charge is 2.19. The second-order valence-electron chi connectivity index (χ2n) is 4.35. The van der Waals surface area contributed by atoms with Crippen LogP contribution in [0.4, 0.5) is 5.13 Å². The van der Waals surface area contributed by atoms with E-state index < -0.39 is 0 Å². The molecular weight excluding hydrogens is 226 g/mol. The quantitative estimate of drug-likeness (QED) is 0.831. The summed E-state index contributed by atoms with van der Waals surface area (Å²) in [5, 5.41) is 3.70. The summed E-state index contributed by atoms with van der Waals surface area (Å²) in [4.78, 5) is 9.75.